The zero-order valence-electron chi connectivity index (χ0n) is 21.8. The Labute approximate surface area is 227 Å². The van der Waals surface area contributed by atoms with Crippen molar-refractivity contribution in [3.8, 4) is 17.0 Å². The molecule has 1 aromatic carbocycles. The SMILES string of the molecule is COc1cncc(F)c1-c1noc(C2CC2)c1C1=CC2(CCN(c3ccc4nccc(C(F)(F)F)c4c3)CC2)C1. The van der Waals surface area contributed by atoms with Crippen LogP contribution in [0.3, 0.4) is 0 Å². The standard InChI is InChI=1S/C30H26F4N4O2/c1-39-24-16-35-15-22(31)26(24)27-25(28(40-37-27)17-2-3-17)18-13-29(14-18)7-10-38(11-8-29)19-4-5-23-20(12-19)21(6-9-36-23)30(32,33)34/h4-6,9,12-13,15-17H,2-3,7-8,10-11,14H2,1H3. The largest absolute Gasteiger partial charge is 0.494 e. The van der Waals surface area contributed by atoms with Crippen LogP contribution < -0.4 is 9.64 Å². The molecule has 6 nitrogen and oxygen atoms in total. The average Bonchev–Trinajstić information content (AvgIpc) is 3.69. The average molecular weight is 551 g/mol. The maximum Gasteiger partial charge on any atom is 0.417 e. The van der Waals surface area contributed by atoms with Crippen molar-refractivity contribution in [2.45, 2.75) is 44.2 Å². The van der Waals surface area contributed by atoms with E-state index < -0.39 is 17.6 Å². The van der Waals surface area contributed by atoms with E-state index in [1.807, 2.05) is 6.07 Å². The molecule has 2 aliphatic carbocycles. The number of piperidine rings is 1. The van der Waals surface area contributed by atoms with Crippen molar-refractivity contribution < 1.29 is 26.8 Å². The van der Waals surface area contributed by atoms with Gasteiger partial charge in [0.05, 0.1) is 36.1 Å². The summed E-state index contributed by atoms with van der Waals surface area (Å²) in [7, 11) is 1.48. The van der Waals surface area contributed by atoms with Gasteiger partial charge in [0, 0.05) is 41.8 Å². The van der Waals surface area contributed by atoms with Crippen LogP contribution in [0, 0.1) is 11.2 Å². The maximum atomic E-state index is 14.9. The number of methoxy groups -OCH3 is 1. The van der Waals surface area contributed by atoms with Crippen molar-refractivity contribution in [1.29, 1.82) is 0 Å². The molecule has 4 heterocycles. The number of alkyl halides is 3. The van der Waals surface area contributed by atoms with Gasteiger partial charge in [-0.3, -0.25) is 9.97 Å². The lowest BCUT2D eigenvalue weighted by molar-refractivity contribution is -0.136. The molecule has 206 valence electrons. The van der Waals surface area contributed by atoms with E-state index in [-0.39, 0.29) is 22.3 Å². The number of ether oxygens (including phenoxy) is 1. The summed E-state index contributed by atoms with van der Waals surface area (Å²) in [5, 5.41) is 4.41. The number of hydrogen-bond donors (Lipinski definition) is 0. The summed E-state index contributed by atoms with van der Waals surface area (Å²) >= 11 is 0. The number of benzene rings is 1. The lowest BCUT2D eigenvalue weighted by Crippen LogP contribution is -2.42. The second-order valence-electron chi connectivity index (χ2n) is 11.0. The molecule has 0 N–H and O–H groups in total. The van der Waals surface area contributed by atoms with Crippen LogP contribution in [0.15, 0.2) is 53.5 Å². The van der Waals surface area contributed by atoms with Crippen LogP contribution in [0.2, 0.25) is 0 Å². The maximum absolute atomic E-state index is 14.9. The molecule has 4 aromatic rings. The van der Waals surface area contributed by atoms with E-state index in [9.17, 15) is 17.6 Å². The molecule has 1 aliphatic heterocycles. The second kappa shape index (κ2) is 9.04. The first-order valence-corrected chi connectivity index (χ1v) is 13.4. The lowest BCUT2D eigenvalue weighted by Gasteiger charge is -2.47. The van der Waals surface area contributed by atoms with Gasteiger partial charge in [-0.1, -0.05) is 11.2 Å². The summed E-state index contributed by atoms with van der Waals surface area (Å²) < 4.78 is 66.9. The fourth-order valence-electron chi connectivity index (χ4n) is 6.20. The summed E-state index contributed by atoms with van der Waals surface area (Å²) in [5.41, 5.74) is 3.07. The van der Waals surface area contributed by atoms with E-state index >= 15 is 0 Å². The molecule has 3 aromatic heterocycles. The number of allylic oxidation sites excluding steroid dienone is 2. The first-order chi connectivity index (χ1) is 19.3. The van der Waals surface area contributed by atoms with Crippen molar-refractivity contribution in [3.63, 3.8) is 0 Å². The summed E-state index contributed by atoms with van der Waals surface area (Å²) in [6.45, 7) is 1.44. The molecule has 0 bridgehead atoms. The van der Waals surface area contributed by atoms with Gasteiger partial charge in [0.15, 0.2) is 5.82 Å². The molecular formula is C30H26F4N4O2. The molecule has 0 unspecified atom stereocenters. The first-order valence-electron chi connectivity index (χ1n) is 13.4. The Kier molecular flexibility index (Phi) is 5.66. The van der Waals surface area contributed by atoms with Gasteiger partial charge >= 0.3 is 6.18 Å². The van der Waals surface area contributed by atoms with E-state index in [2.05, 4.69) is 26.1 Å². The van der Waals surface area contributed by atoms with Crippen molar-refractivity contribution in [2.75, 3.05) is 25.1 Å². The van der Waals surface area contributed by atoms with Gasteiger partial charge in [-0.2, -0.15) is 13.2 Å². The number of pyridine rings is 2. The molecule has 0 amide bonds. The zero-order valence-corrected chi connectivity index (χ0v) is 21.8. The van der Waals surface area contributed by atoms with Gasteiger partial charge in [-0.05, 0) is 67.4 Å². The van der Waals surface area contributed by atoms with Gasteiger partial charge in [0.25, 0.3) is 0 Å². The minimum absolute atomic E-state index is 0.0163. The highest BCUT2D eigenvalue weighted by molar-refractivity contribution is 5.87. The lowest BCUT2D eigenvalue weighted by atomic mass is 9.63. The van der Waals surface area contributed by atoms with Gasteiger partial charge < -0.3 is 14.2 Å². The van der Waals surface area contributed by atoms with Gasteiger partial charge in [-0.25, -0.2) is 4.39 Å². The number of rotatable bonds is 5. The second-order valence-corrected chi connectivity index (χ2v) is 11.0. The third kappa shape index (κ3) is 4.12. The number of fused-ring (bicyclic) bond motifs is 1. The van der Waals surface area contributed by atoms with Crippen molar-refractivity contribution in [3.05, 3.63) is 71.6 Å². The van der Waals surface area contributed by atoms with E-state index in [4.69, 9.17) is 9.26 Å². The van der Waals surface area contributed by atoms with Crippen molar-refractivity contribution in [2.24, 2.45) is 5.41 Å². The van der Waals surface area contributed by atoms with Crippen LogP contribution in [-0.2, 0) is 6.18 Å². The predicted octanol–water partition coefficient (Wildman–Crippen LogP) is 7.40. The zero-order chi connectivity index (χ0) is 27.6. The third-order valence-electron chi connectivity index (χ3n) is 8.49. The van der Waals surface area contributed by atoms with Crippen LogP contribution in [0.25, 0.3) is 27.7 Å². The smallest absolute Gasteiger partial charge is 0.417 e. The molecule has 2 fully saturated rings. The van der Waals surface area contributed by atoms with E-state index in [0.29, 0.717) is 17.0 Å². The number of aromatic nitrogens is 3. The molecule has 7 rings (SSSR count). The van der Waals surface area contributed by atoms with E-state index in [0.717, 1.165) is 80.0 Å². The van der Waals surface area contributed by atoms with Crippen LogP contribution in [-0.4, -0.2) is 35.3 Å². The molecule has 0 radical (unpaired) electrons. The molecule has 3 aliphatic rings. The topological polar surface area (TPSA) is 64.3 Å². The molecule has 1 spiro atoms. The highest BCUT2D eigenvalue weighted by Gasteiger charge is 2.44. The van der Waals surface area contributed by atoms with Crippen molar-refractivity contribution >= 4 is 22.2 Å². The predicted molar refractivity (Wildman–Crippen MR) is 141 cm³/mol. The van der Waals surface area contributed by atoms with Crippen LogP contribution >= 0.6 is 0 Å². The normalized spacial score (nSPS) is 18.6. The summed E-state index contributed by atoms with van der Waals surface area (Å²) in [5.74, 6) is 0.880. The van der Waals surface area contributed by atoms with Crippen LogP contribution in [0.1, 0.15) is 54.9 Å². The Bertz CT molecular complexity index is 1650. The Hall–Kier alpha value is -3.95. The number of halogens is 4. The summed E-state index contributed by atoms with van der Waals surface area (Å²) in [4.78, 5) is 10.2. The Balaban J connectivity index is 1.16. The monoisotopic (exact) mass is 550 g/mol. The Morgan fingerprint density at radius 3 is 2.55 bits per heavy atom. The first kappa shape index (κ1) is 25.0. The number of nitrogens with zero attached hydrogens (tertiary/aromatic N) is 4. The Morgan fingerprint density at radius 2 is 1.85 bits per heavy atom. The third-order valence-corrected chi connectivity index (χ3v) is 8.49. The summed E-state index contributed by atoms with van der Waals surface area (Å²) in [6, 6.07) is 6.13. The molecule has 1 saturated carbocycles. The summed E-state index contributed by atoms with van der Waals surface area (Å²) in [6.07, 6.45) is 6.21. The van der Waals surface area contributed by atoms with Crippen molar-refractivity contribution in [1.82, 2.24) is 15.1 Å². The molecule has 10 heteroatoms. The molecule has 40 heavy (non-hydrogen) atoms. The van der Waals surface area contributed by atoms with Gasteiger partial charge in [0.1, 0.15) is 17.2 Å². The minimum Gasteiger partial charge on any atom is -0.494 e. The van der Waals surface area contributed by atoms with E-state index in [1.54, 1.807) is 12.1 Å². The highest BCUT2D eigenvalue weighted by Crippen LogP contribution is 2.56. The molecule has 0 atom stereocenters. The van der Waals surface area contributed by atoms with Crippen LogP contribution in [0.5, 0.6) is 5.75 Å². The quantitative estimate of drug-likeness (QED) is 0.241. The van der Waals surface area contributed by atoms with Gasteiger partial charge in [0.2, 0.25) is 0 Å². The number of hydrogen-bond acceptors (Lipinski definition) is 6. The fraction of sp³-hybridized carbons (Fsp3) is 0.367. The minimum atomic E-state index is -4.44. The van der Waals surface area contributed by atoms with Crippen LogP contribution in [0.4, 0.5) is 23.2 Å². The molecular weight excluding hydrogens is 524 g/mol. The molecule has 1 saturated heterocycles. The van der Waals surface area contributed by atoms with Gasteiger partial charge in [-0.15, -0.1) is 0 Å². The highest BCUT2D eigenvalue weighted by atomic mass is 19.4. The fourth-order valence-corrected chi connectivity index (χ4v) is 6.20. The number of anilines is 1. The van der Waals surface area contributed by atoms with E-state index in [1.165, 1.54) is 19.5 Å². The Morgan fingerprint density at radius 1 is 1.07 bits per heavy atom.